The third-order valence-corrected chi connectivity index (χ3v) is 2.85. The lowest BCUT2D eigenvalue weighted by molar-refractivity contribution is -0.146. The molecule has 0 aliphatic carbocycles. The second-order valence-electron chi connectivity index (χ2n) is 4.99. The topological polar surface area (TPSA) is 128 Å². The molecule has 2 unspecified atom stereocenters. The highest BCUT2D eigenvalue weighted by Crippen LogP contribution is 2.08. The summed E-state index contributed by atoms with van der Waals surface area (Å²) < 4.78 is 5.20. The van der Waals surface area contributed by atoms with Crippen molar-refractivity contribution in [1.29, 1.82) is 0 Å². The Morgan fingerprint density at radius 1 is 1.38 bits per heavy atom. The quantitative estimate of drug-likeness (QED) is 0.482. The fourth-order valence-corrected chi connectivity index (χ4v) is 1.82. The second kappa shape index (κ2) is 7.79. The molecule has 9 nitrogen and oxygen atoms in total. The lowest BCUT2D eigenvalue weighted by Gasteiger charge is -2.35. The SMILES string of the molecule is CC(C)NC(=O)C1COCCN1C(=O)NCC(O)C(=O)O. The highest BCUT2D eigenvalue weighted by atomic mass is 16.5. The Morgan fingerprint density at radius 3 is 2.62 bits per heavy atom. The van der Waals surface area contributed by atoms with Crippen molar-refractivity contribution in [3.05, 3.63) is 0 Å². The van der Waals surface area contributed by atoms with Gasteiger partial charge in [-0.2, -0.15) is 0 Å². The Kier molecular flexibility index (Phi) is 6.38. The maximum atomic E-state index is 12.0. The Hall–Kier alpha value is -1.87. The summed E-state index contributed by atoms with van der Waals surface area (Å²) in [6.07, 6.45) is -1.68. The molecule has 1 saturated heterocycles. The molecular weight excluding hydrogens is 282 g/mol. The molecule has 4 N–H and O–H groups in total. The minimum Gasteiger partial charge on any atom is -0.479 e. The fourth-order valence-electron chi connectivity index (χ4n) is 1.82. The van der Waals surface area contributed by atoms with Crippen LogP contribution in [0.2, 0.25) is 0 Å². The Bertz CT molecular complexity index is 400. The molecule has 0 radical (unpaired) electrons. The van der Waals surface area contributed by atoms with Crippen molar-refractivity contribution < 1.29 is 29.3 Å². The van der Waals surface area contributed by atoms with E-state index in [1.165, 1.54) is 4.90 Å². The van der Waals surface area contributed by atoms with E-state index >= 15 is 0 Å². The van der Waals surface area contributed by atoms with Crippen molar-refractivity contribution in [3.63, 3.8) is 0 Å². The van der Waals surface area contributed by atoms with Gasteiger partial charge in [-0.3, -0.25) is 4.79 Å². The lowest BCUT2D eigenvalue weighted by Crippen LogP contribution is -2.59. The normalized spacial score (nSPS) is 20.0. The molecule has 2 atom stereocenters. The molecule has 1 fully saturated rings. The zero-order valence-electron chi connectivity index (χ0n) is 12.0. The van der Waals surface area contributed by atoms with Gasteiger partial charge in [0, 0.05) is 12.6 Å². The first-order valence-electron chi connectivity index (χ1n) is 6.66. The highest BCUT2D eigenvalue weighted by molar-refractivity contribution is 5.87. The number of carbonyl (C=O) groups excluding carboxylic acids is 2. The Balaban J connectivity index is 2.61. The van der Waals surface area contributed by atoms with E-state index in [1.807, 2.05) is 0 Å². The molecule has 0 saturated carbocycles. The molecule has 0 bridgehead atoms. The van der Waals surface area contributed by atoms with E-state index in [4.69, 9.17) is 14.9 Å². The molecule has 120 valence electrons. The molecule has 1 heterocycles. The van der Waals surface area contributed by atoms with Gasteiger partial charge in [-0.05, 0) is 13.8 Å². The number of rotatable bonds is 5. The Labute approximate surface area is 122 Å². The zero-order chi connectivity index (χ0) is 16.0. The van der Waals surface area contributed by atoms with Crippen LogP contribution in [0.15, 0.2) is 0 Å². The van der Waals surface area contributed by atoms with Crippen LogP contribution in [-0.2, 0) is 14.3 Å². The first kappa shape index (κ1) is 17.2. The monoisotopic (exact) mass is 303 g/mol. The summed E-state index contributed by atoms with van der Waals surface area (Å²) in [5, 5.41) is 22.7. The van der Waals surface area contributed by atoms with Crippen molar-refractivity contribution in [2.45, 2.75) is 32.0 Å². The minimum absolute atomic E-state index is 0.0711. The number of urea groups is 1. The largest absolute Gasteiger partial charge is 0.479 e. The first-order chi connectivity index (χ1) is 9.82. The standard InChI is InChI=1S/C12H21N3O6/c1-7(2)14-10(17)8-6-21-4-3-15(8)12(20)13-5-9(16)11(18)19/h7-9,16H,3-6H2,1-2H3,(H,13,20)(H,14,17)(H,18,19). The summed E-state index contributed by atoms with van der Waals surface area (Å²) in [5.74, 6) is -1.76. The van der Waals surface area contributed by atoms with Crippen LogP contribution in [-0.4, -0.2) is 77.5 Å². The van der Waals surface area contributed by atoms with Crippen molar-refractivity contribution in [1.82, 2.24) is 15.5 Å². The molecule has 0 spiro atoms. The van der Waals surface area contributed by atoms with Crippen LogP contribution >= 0.6 is 0 Å². The summed E-state index contributed by atoms with van der Waals surface area (Å²) in [6, 6.07) is -1.45. The van der Waals surface area contributed by atoms with Crippen LogP contribution < -0.4 is 10.6 Å². The first-order valence-corrected chi connectivity index (χ1v) is 6.66. The van der Waals surface area contributed by atoms with Crippen LogP contribution in [0.4, 0.5) is 4.79 Å². The number of aliphatic carboxylic acids is 1. The number of aliphatic hydroxyl groups excluding tert-OH is 1. The summed E-state index contributed by atoms with van der Waals surface area (Å²) >= 11 is 0. The summed E-state index contributed by atoms with van der Waals surface area (Å²) in [5.41, 5.74) is 0. The van der Waals surface area contributed by atoms with E-state index in [0.717, 1.165) is 0 Å². The number of hydrogen-bond acceptors (Lipinski definition) is 5. The predicted octanol–water partition coefficient (Wildman–Crippen LogP) is -1.63. The lowest BCUT2D eigenvalue weighted by atomic mass is 10.2. The van der Waals surface area contributed by atoms with Gasteiger partial charge in [-0.1, -0.05) is 0 Å². The molecule has 0 aromatic heterocycles. The number of hydrogen-bond donors (Lipinski definition) is 4. The average Bonchev–Trinajstić information content (AvgIpc) is 2.43. The van der Waals surface area contributed by atoms with Gasteiger partial charge in [0.05, 0.1) is 19.8 Å². The number of amides is 3. The molecule has 0 aromatic rings. The van der Waals surface area contributed by atoms with Gasteiger partial charge in [0.15, 0.2) is 6.10 Å². The number of nitrogens with zero attached hydrogens (tertiary/aromatic N) is 1. The number of aliphatic hydroxyl groups is 1. The van der Waals surface area contributed by atoms with Crippen molar-refractivity contribution in [2.75, 3.05) is 26.3 Å². The number of ether oxygens (including phenoxy) is 1. The number of morpholine rings is 1. The van der Waals surface area contributed by atoms with Gasteiger partial charge in [0.1, 0.15) is 6.04 Å². The third kappa shape index (κ3) is 5.20. The molecule has 1 rings (SSSR count). The molecular formula is C12H21N3O6. The highest BCUT2D eigenvalue weighted by Gasteiger charge is 2.33. The Morgan fingerprint density at radius 2 is 2.05 bits per heavy atom. The van der Waals surface area contributed by atoms with Gasteiger partial charge in [0.25, 0.3) is 0 Å². The maximum absolute atomic E-state index is 12.0. The van der Waals surface area contributed by atoms with E-state index in [0.29, 0.717) is 6.61 Å². The average molecular weight is 303 g/mol. The van der Waals surface area contributed by atoms with E-state index < -0.39 is 30.7 Å². The summed E-state index contributed by atoms with van der Waals surface area (Å²) in [7, 11) is 0. The summed E-state index contributed by atoms with van der Waals surface area (Å²) in [4.78, 5) is 35.8. The van der Waals surface area contributed by atoms with E-state index in [2.05, 4.69) is 10.6 Å². The maximum Gasteiger partial charge on any atom is 0.334 e. The van der Waals surface area contributed by atoms with E-state index in [9.17, 15) is 14.4 Å². The zero-order valence-corrected chi connectivity index (χ0v) is 12.0. The van der Waals surface area contributed by atoms with Crippen LogP contribution in [0.25, 0.3) is 0 Å². The molecule has 3 amide bonds. The van der Waals surface area contributed by atoms with E-state index in [1.54, 1.807) is 13.8 Å². The van der Waals surface area contributed by atoms with Crippen LogP contribution in [0, 0.1) is 0 Å². The van der Waals surface area contributed by atoms with E-state index in [-0.39, 0.29) is 25.1 Å². The minimum atomic E-state index is -1.68. The van der Waals surface area contributed by atoms with Gasteiger partial charge in [-0.25, -0.2) is 9.59 Å². The molecule has 21 heavy (non-hydrogen) atoms. The second-order valence-corrected chi connectivity index (χ2v) is 4.99. The fraction of sp³-hybridized carbons (Fsp3) is 0.750. The number of nitrogens with one attached hydrogen (secondary N) is 2. The number of carboxylic acids is 1. The van der Waals surface area contributed by atoms with Crippen molar-refractivity contribution in [3.8, 4) is 0 Å². The van der Waals surface area contributed by atoms with Gasteiger partial charge in [0.2, 0.25) is 5.91 Å². The van der Waals surface area contributed by atoms with Gasteiger partial charge >= 0.3 is 12.0 Å². The molecule has 0 aromatic carbocycles. The van der Waals surface area contributed by atoms with Gasteiger partial charge in [-0.15, -0.1) is 0 Å². The predicted molar refractivity (Wildman–Crippen MR) is 71.6 cm³/mol. The third-order valence-electron chi connectivity index (χ3n) is 2.85. The van der Waals surface area contributed by atoms with Gasteiger partial charge < -0.3 is 30.5 Å². The van der Waals surface area contributed by atoms with Crippen LogP contribution in [0.3, 0.4) is 0 Å². The summed E-state index contributed by atoms with van der Waals surface area (Å²) in [6.45, 7) is 3.76. The van der Waals surface area contributed by atoms with Crippen molar-refractivity contribution in [2.24, 2.45) is 0 Å². The molecule has 9 heteroatoms. The van der Waals surface area contributed by atoms with Crippen molar-refractivity contribution >= 4 is 17.9 Å². The van der Waals surface area contributed by atoms with Crippen LogP contribution in [0.1, 0.15) is 13.8 Å². The molecule has 1 aliphatic heterocycles. The van der Waals surface area contributed by atoms with Crippen LogP contribution in [0.5, 0.6) is 0 Å². The smallest absolute Gasteiger partial charge is 0.334 e. The number of carbonyl (C=O) groups is 3. The molecule has 1 aliphatic rings. The number of carboxylic acid groups (broad SMARTS) is 1.